The lowest BCUT2D eigenvalue weighted by Crippen LogP contribution is -2.63. The SMILES string of the molecule is C[C@@]12CCC[C@@](C)(C(=O)O)[C@H]1CC[C@@]13C[C@@H](C[C@H](O)[C@@H]21)[C@]1(CO1)[C@H]3O. The number of aliphatic hydroxyl groups excluding tert-OH is 2. The maximum Gasteiger partial charge on any atom is 0.309 e. The Morgan fingerprint density at radius 1 is 1.16 bits per heavy atom. The number of carboxylic acids is 1. The van der Waals surface area contributed by atoms with Crippen molar-refractivity contribution in [2.45, 2.75) is 76.6 Å². The lowest BCUT2D eigenvalue weighted by molar-refractivity contribution is -0.214. The zero-order chi connectivity index (χ0) is 17.8. The zero-order valence-electron chi connectivity index (χ0n) is 15.2. The summed E-state index contributed by atoms with van der Waals surface area (Å²) in [6.45, 7) is 4.73. The second-order valence-electron chi connectivity index (χ2n) is 10.2. The molecule has 3 N–H and O–H groups in total. The number of hydrogen-bond donors (Lipinski definition) is 3. The first kappa shape index (κ1) is 16.5. The van der Waals surface area contributed by atoms with Crippen LogP contribution in [0, 0.1) is 34.0 Å². The minimum Gasteiger partial charge on any atom is -0.481 e. The quantitative estimate of drug-likeness (QED) is 0.631. The predicted molar refractivity (Wildman–Crippen MR) is 89.8 cm³/mol. The molecule has 5 aliphatic rings. The summed E-state index contributed by atoms with van der Waals surface area (Å²) in [6.07, 6.45) is 4.87. The van der Waals surface area contributed by atoms with Gasteiger partial charge < -0.3 is 20.1 Å². The monoisotopic (exact) mass is 350 g/mol. The molecule has 0 amide bonds. The first-order valence-corrected chi connectivity index (χ1v) is 9.94. The average molecular weight is 350 g/mol. The standard InChI is InChI=1S/C20H30O5/c1-17-5-3-6-18(2,16(23)24)13(17)4-7-19-9-11(8-12(21)14(17)19)20(10-25-20)15(19)22/h11-15,21-22H,3-10H2,1-2H3,(H,23,24)/t11-,12+,13+,14+,15+,17-,18-,19-,20-/m1/s1. The van der Waals surface area contributed by atoms with E-state index in [9.17, 15) is 20.1 Å². The van der Waals surface area contributed by atoms with Gasteiger partial charge in [0.1, 0.15) is 5.60 Å². The van der Waals surface area contributed by atoms with Crippen LogP contribution in [0.25, 0.3) is 0 Å². The van der Waals surface area contributed by atoms with Crippen LogP contribution >= 0.6 is 0 Å². The van der Waals surface area contributed by atoms with Crippen molar-refractivity contribution >= 4 is 5.97 Å². The van der Waals surface area contributed by atoms with Gasteiger partial charge in [0.2, 0.25) is 0 Å². The Balaban J connectivity index is 1.61. The molecule has 2 spiro atoms. The van der Waals surface area contributed by atoms with Crippen LogP contribution in [0.15, 0.2) is 0 Å². The lowest BCUT2D eigenvalue weighted by Gasteiger charge is -2.64. The second-order valence-corrected chi connectivity index (χ2v) is 10.2. The van der Waals surface area contributed by atoms with Gasteiger partial charge in [-0.3, -0.25) is 4.79 Å². The molecule has 5 nitrogen and oxygen atoms in total. The highest BCUT2D eigenvalue weighted by atomic mass is 16.6. The number of ether oxygens (including phenoxy) is 1. The summed E-state index contributed by atoms with van der Waals surface area (Å²) in [7, 11) is 0. The van der Waals surface area contributed by atoms with Crippen molar-refractivity contribution in [1.29, 1.82) is 0 Å². The van der Waals surface area contributed by atoms with Crippen molar-refractivity contribution in [1.82, 2.24) is 0 Å². The third-order valence-corrected chi connectivity index (χ3v) is 9.41. The van der Waals surface area contributed by atoms with Crippen LogP contribution in [0.2, 0.25) is 0 Å². The number of fused-ring (bicyclic) bond motifs is 4. The molecule has 5 fully saturated rings. The Kier molecular flexibility index (Phi) is 3.04. The van der Waals surface area contributed by atoms with E-state index in [4.69, 9.17) is 4.74 Å². The third-order valence-electron chi connectivity index (χ3n) is 9.41. The number of aliphatic carboxylic acids is 1. The summed E-state index contributed by atoms with van der Waals surface area (Å²) in [5.41, 5.74) is -1.65. The highest BCUT2D eigenvalue weighted by Crippen LogP contribution is 2.74. The molecule has 0 aromatic carbocycles. The molecule has 25 heavy (non-hydrogen) atoms. The van der Waals surface area contributed by atoms with Crippen LogP contribution in [0.3, 0.4) is 0 Å². The van der Waals surface area contributed by atoms with Crippen molar-refractivity contribution in [2.75, 3.05) is 6.61 Å². The topological polar surface area (TPSA) is 90.3 Å². The molecule has 1 heterocycles. The molecule has 4 saturated carbocycles. The van der Waals surface area contributed by atoms with E-state index in [1.54, 1.807) is 0 Å². The van der Waals surface area contributed by atoms with Crippen molar-refractivity contribution in [3.05, 3.63) is 0 Å². The molecular weight excluding hydrogens is 320 g/mol. The number of carboxylic acid groups (broad SMARTS) is 1. The first-order chi connectivity index (χ1) is 11.7. The molecule has 9 atom stereocenters. The maximum atomic E-state index is 12.1. The molecule has 0 radical (unpaired) electrons. The Bertz CT molecular complexity index is 630. The molecular formula is C20H30O5. The van der Waals surface area contributed by atoms with Gasteiger partial charge in [-0.25, -0.2) is 0 Å². The molecule has 1 aliphatic heterocycles. The van der Waals surface area contributed by atoms with E-state index in [1.807, 2.05) is 6.92 Å². The molecule has 5 rings (SSSR count). The van der Waals surface area contributed by atoms with Gasteiger partial charge in [0.05, 0.1) is 24.2 Å². The van der Waals surface area contributed by atoms with Crippen molar-refractivity contribution < 1.29 is 24.9 Å². The van der Waals surface area contributed by atoms with E-state index in [0.29, 0.717) is 13.0 Å². The van der Waals surface area contributed by atoms with Gasteiger partial charge in [-0.15, -0.1) is 0 Å². The van der Waals surface area contributed by atoms with Gasteiger partial charge in [0, 0.05) is 5.41 Å². The Labute approximate surface area is 148 Å². The van der Waals surface area contributed by atoms with Gasteiger partial charge >= 0.3 is 5.97 Å². The van der Waals surface area contributed by atoms with E-state index < -0.39 is 29.2 Å². The molecule has 2 bridgehead atoms. The summed E-state index contributed by atoms with van der Waals surface area (Å²) in [4.78, 5) is 12.1. The molecule has 0 unspecified atom stereocenters. The van der Waals surface area contributed by atoms with Crippen molar-refractivity contribution in [3.63, 3.8) is 0 Å². The lowest BCUT2D eigenvalue weighted by atomic mass is 9.40. The zero-order valence-corrected chi connectivity index (χ0v) is 15.2. The molecule has 4 aliphatic carbocycles. The van der Waals surface area contributed by atoms with Crippen molar-refractivity contribution in [2.24, 2.45) is 34.0 Å². The summed E-state index contributed by atoms with van der Waals surface area (Å²) in [6, 6.07) is 0. The summed E-state index contributed by atoms with van der Waals surface area (Å²) in [5, 5.41) is 32.4. The van der Waals surface area contributed by atoms with E-state index in [1.165, 1.54) is 0 Å². The number of epoxide rings is 1. The van der Waals surface area contributed by atoms with Gasteiger partial charge in [0.15, 0.2) is 0 Å². The van der Waals surface area contributed by atoms with E-state index in [-0.39, 0.29) is 28.6 Å². The fourth-order valence-electron chi connectivity index (χ4n) is 8.41. The van der Waals surface area contributed by atoms with Gasteiger partial charge in [-0.05, 0) is 68.6 Å². The van der Waals surface area contributed by atoms with Gasteiger partial charge in [-0.1, -0.05) is 13.3 Å². The summed E-state index contributed by atoms with van der Waals surface area (Å²) in [5.74, 6) is -0.399. The molecule has 0 aromatic rings. The smallest absolute Gasteiger partial charge is 0.309 e. The highest BCUT2D eigenvalue weighted by Gasteiger charge is 2.78. The predicted octanol–water partition coefficient (Wildman–Crippen LogP) is 2.19. The van der Waals surface area contributed by atoms with E-state index in [0.717, 1.165) is 38.5 Å². The van der Waals surface area contributed by atoms with E-state index >= 15 is 0 Å². The second kappa shape index (κ2) is 4.60. The van der Waals surface area contributed by atoms with Crippen LogP contribution in [0.5, 0.6) is 0 Å². The normalized spacial score (nSPS) is 62.3. The van der Waals surface area contributed by atoms with Crippen LogP contribution in [0.1, 0.15) is 58.8 Å². The number of carbonyl (C=O) groups is 1. The van der Waals surface area contributed by atoms with Crippen LogP contribution in [-0.2, 0) is 9.53 Å². The molecule has 0 aromatic heterocycles. The molecule has 1 saturated heterocycles. The fraction of sp³-hybridized carbons (Fsp3) is 0.950. The minimum absolute atomic E-state index is 0.0208. The number of aliphatic hydroxyl groups is 2. The van der Waals surface area contributed by atoms with Crippen LogP contribution < -0.4 is 0 Å². The average Bonchev–Trinajstić information content (AvgIpc) is 3.31. The largest absolute Gasteiger partial charge is 0.481 e. The molecule has 5 heteroatoms. The Hall–Kier alpha value is -0.650. The Morgan fingerprint density at radius 2 is 1.88 bits per heavy atom. The van der Waals surface area contributed by atoms with Crippen LogP contribution in [0.4, 0.5) is 0 Å². The summed E-state index contributed by atoms with van der Waals surface area (Å²) >= 11 is 0. The van der Waals surface area contributed by atoms with E-state index in [2.05, 4.69) is 6.92 Å². The number of rotatable bonds is 1. The molecule has 140 valence electrons. The maximum absolute atomic E-state index is 12.1. The minimum atomic E-state index is -0.720. The van der Waals surface area contributed by atoms with Crippen molar-refractivity contribution in [3.8, 4) is 0 Å². The summed E-state index contributed by atoms with van der Waals surface area (Å²) < 4.78 is 5.77. The third kappa shape index (κ3) is 1.69. The Morgan fingerprint density at radius 3 is 2.52 bits per heavy atom. The number of hydrogen-bond acceptors (Lipinski definition) is 4. The fourth-order valence-corrected chi connectivity index (χ4v) is 8.41. The van der Waals surface area contributed by atoms with Gasteiger partial charge in [-0.2, -0.15) is 0 Å². The highest BCUT2D eigenvalue weighted by molar-refractivity contribution is 5.75. The van der Waals surface area contributed by atoms with Crippen LogP contribution in [-0.4, -0.2) is 45.7 Å². The first-order valence-electron chi connectivity index (χ1n) is 9.94. The van der Waals surface area contributed by atoms with Gasteiger partial charge in [0.25, 0.3) is 0 Å².